The van der Waals surface area contributed by atoms with Crippen molar-refractivity contribution in [2.24, 2.45) is 0 Å². The van der Waals surface area contributed by atoms with Gasteiger partial charge in [-0.05, 0) is 31.4 Å². The first-order chi connectivity index (χ1) is 13.7. The molecule has 0 atom stereocenters. The maximum atomic E-state index is 6.11. The van der Waals surface area contributed by atoms with Crippen LogP contribution in [0.4, 0.5) is 0 Å². The topological polar surface area (TPSA) is 30.5 Å². The largest absolute Gasteiger partial charge is 0.493 e. The summed E-state index contributed by atoms with van der Waals surface area (Å²) in [7, 11) is 0. The minimum Gasteiger partial charge on any atom is -0.493 e. The average molecular weight is 384 g/mol. The van der Waals surface area contributed by atoms with E-state index in [9.17, 15) is 0 Å². The van der Waals surface area contributed by atoms with Gasteiger partial charge in [0, 0.05) is 24.7 Å². The Bertz CT molecular complexity index is 667. The molecule has 1 N–H and O–H groups in total. The fraction of sp³-hybridized carbons (Fsp3) is 0.520. The van der Waals surface area contributed by atoms with Gasteiger partial charge >= 0.3 is 0 Å². The van der Waals surface area contributed by atoms with Crippen LogP contribution in [0.25, 0.3) is 0 Å². The van der Waals surface area contributed by atoms with Gasteiger partial charge in [-0.1, -0.05) is 75.4 Å². The van der Waals surface area contributed by atoms with Crippen LogP contribution in [0.5, 0.6) is 11.5 Å². The van der Waals surface area contributed by atoms with Crippen LogP contribution in [0.2, 0.25) is 0 Å². The van der Waals surface area contributed by atoms with Crippen molar-refractivity contribution in [2.75, 3.05) is 13.2 Å². The van der Waals surface area contributed by atoms with Gasteiger partial charge in [0.15, 0.2) is 0 Å². The van der Waals surface area contributed by atoms with Crippen LogP contribution in [0.1, 0.15) is 69.1 Å². The summed E-state index contributed by atoms with van der Waals surface area (Å²) in [5, 5.41) is 3.54. The van der Waals surface area contributed by atoms with Gasteiger partial charge in [0.2, 0.25) is 0 Å². The monoisotopic (exact) mass is 383 g/mol. The van der Waals surface area contributed by atoms with E-state index in [1.165, 1.54) is 42.4 Å². The Labute approximate surface area is 171 Å². The van der Waals surface area contributed by atoms with E-state index in [1.54, 1.807) is 0 Å². The van der Waals surface area contributed by atoms with Crippen molar-refractivity contribution in [2.45, 2.75) is 72.4 Å². The van der Waals surface area contributed by atoms with Crippen LogP contribution in [0, 0.1) is 6.92 Å². The highest BCUT2D eigenvalue weighted by Crippen LogP contribution is 2.26. The number of hydrogen-bond acceptors (Lipinski definition) is 3. The van der Waals surface area contributed by atoms with E-state index in [2.05, 4.69) is 68.6 Å². The minimum absolute atomic E-state index is 0.762. The summed E-state index contributed by atoms with van der Waals surface area (Å²) >= 11 is 0. The number of rotatable bonds is 14. The Hall–Kier alpha value is -2.00. The van der Waals surface area contributed by atoms with E-state index in [4.69, 9.17) is 9.47 Å². The molecule has 2 aromatic carbocycles. The number of ether oxygens (including phenoxy) is 2. The SMILES string of the molecule is CCCCCOc1ccc(CNCc2ccc(C)cc2)c(OCCCCC)c1. The highest BCUT2D eigenvalue weighted by molar-refractivity contribution is 5.41. The molecule has 0 saturated carbocycles. The van der Waals surface area contributed by atoms with Crippen molar-refractivity contribution in [1.29, 1.82) is 0 Å². The lowest BCUT2D eigenvalue weighted by Gasteiger charge is -2.15. The molecule has 154 valence electrons. The molecular weight excluding hydrogens is 346 g/mol. The molecule has 0 bridgehead atoms. The van der Waals surface area contributed by atoms with Gasteiger partial charge in [-0.3, -0.25) is 0 Å². The molecular formula is C25H37NO2. The first-order valence-electron chi connectivity index (χ1n) is 10.9. The number of hydrogen-bond donors (Lipinski definition) is 1. The number of benzene rings is 2. The van der Waals surface area contributed by atoms with Crippen LogP contribution in [0.15, 0.2) is 42.5 Å². The summed E-state index contributed by atoms with van der Waals surface area (Å²) in [6.07, 6.45) is 7.02. The highest BCUT2D eigenvalue weighted by Gasteiger charge is 2.07. The molecule has 0 heterocycles. The molecule has 0 aromatic heterocycles. The summed E-state index contributed by atoms with van der Waals surface area (Å²) in [5.41, 5.74) is 3.78. The molecule has 3 heteroatoms. The summed E-state index contributed by atoms with van der Waals surface area (Å²) in [5.74, 6) is 1.85. The number of nitrogens with one attached hydrogen (secondary N) is 1. The minimum atomic E-state index is 0.762. The molecule has 0 saturated heterocycles. The molecule has 2 aromatic rings. The molecule has 28 heavy (non-hydrogen) atoms. The summed E-state index contributed by atoms with van der Waals surface area (Å²) in [6.45, 7) is 9.71. The summed E-state index contributed by atoms with van der Waals surface area (Å²) < 4.78 is 12.0. The number of unbranched alkanes of at least 4 members (excludes halogenated alkanes) is 4. The molecule has 3 nitrogen and oxygen atoms in total. The van der Waals surface area contributed by atoms with Crippen molar-refractivity contribution in [1.82, 2.24) is 5.32 Å². The molecule has 0 amide bonds. The Morgan fingerprint density at radius 1 is 0.750 bits per heavy atom. The second-order valence-electron chi connectivity index (χ2n) is 7.47. The van der Waals surface area contributed by atoms with Crippen molar-refractivity contribution in [3.05, 3.63) is 59.2 Å². The van der Waals surface area contributed by atoms with Crippen LogP contribution < -0.4 is 14.8 Å². The van der Waals surface area contributed by atoms with E-state index < -0.39 is 0 Å². The maximum absolute atomic E-state index is 6.11. The molecule has 0 aliphatic carbocycles. The Balaban J connectivity index is 1.93. The second kappa shape index (κ2) is 13.2. The molecule has 0 aliphatic rings. The Kier molecular flexibility index (Phi) is 10.5. The van der Waals surface area contributed by atoms with Gasteiger partial charge in [-0.15, -0.1) is 0 Å². The van der Waals surface area contributed by atoms with Gasteiger partial charge in [-0.25, -0.2) is 0 Å². The lowest BCUT2D eigenvalue weighted by molar-refractivity contribution is 0.289. The van der Waals surface area contributed by atoms with Gasteiger partial charge < -0.3 is 14.8 Å². The van der Waals surface area contributed by atoms with Crippen LogP contribution in [-0.2, 0) is 13.1 Å². The molecule has 0 fully saturated rings. The Morgan fingerprint density at radius 3 is 2.11 bits per heavy atom. The first kappa shape index (κ1) is 22.3. The molecule has 0 aliphatic heterocycles. The van der Waals surface area contributed by atoms with Gasteiger partial charge in [0.1, 0.15) is 11.5 Å². The normalized spacial score (nSPS) is 10.8. The van der Waals surface area contributed by atoms with E-state index in [1.807, 2.05) is 0 Å². The predicted octanol–water partition coefficient (Wildman–Crippen LogP) is 6.42. The second-order valence-corrected chi connectivity index (χ2v) is 7.47. The quantitative estimate of drug-likeness (QED) is 0.382. The fourth-order valence-electron chi connectivity index (χ4n) is 3.03. The van der Waals surface area contributed by atoms with Gasteiger partial charge in [0.25, 0.3) is 0 Å². The van der Waals surface area contributed by atoms with Crippen LogP contribution in [0.3, 0.4) is 0 Å². The highest BCUT2D eigenvalue weighted by atomic mass is 16.5. The lowest BCUT2D eigenvalue weighted by Crippen LogP contribution is -2.14. The maximum Gasteiger partial charge on any atom is 0.127 e. The van der Waals surface area contributed by atoms with E-state index in [0.29, 0.717) is 0 Å². The Morgan fingerprint density at radius 2 is 1.43 bits per heavy atom. The zero-order chi connectivity index (χ0) is 20.0. The van der Waals surface area contributed by atoms with Crippen molar-refractivity contribution in [3.63, 3.8) is 0 Å². The van der Waals surface area contributed by atoms with E-state index >= 15 is 0 Å². The predicted molar refractivity (Wildman–Crippen MR) is 118 cm³/mol. The smallest absolute Gasteiger partial charge is 0.127 e. The fourth-order valence-corrected chi connectivity index (χ4v) is 3.03. The molecule has 2 rings (SSSR count). The van der Waals surface area contributed by atoms with E-state index in [0.717, 1.165) is 50.6 Å². The molecule has 0 unspecified atom stereocenters. The third kappa shape index (κ3) is 8.35. The standard InChI is InChI=1S/C25H37NO2/c1-4-6-8-16-27-24-15-14-23(25(18-24)28-17-9-7-5-2)20-26-19-22-12-10-21(3)11-13-22/h10-15,18,26H,4-9,16-17,19-20H2,1-3H3. The van der Waals surface area contributed by atoms with Gasteiger partial charge in [0.05, 0.1) is 13.2 Å². The van der Waals surface area contributed by atoms with Crippen LogP contribution in [-0.4, -0.2) is 13.2 Å². The van der Waals surface area contributed by atoms with E-state index in [-0.39, 0.29) is 0 Å². The van der Waals surface area contributed by atoms with Gasteiger partial charge in [-0.2, -0.15) is 0 Å². The van der Waals surface area contributed by atoms with Crippen molar-refractivity contribution < 1.29 is 9.47 Å². The zero-order valence-corrected chi connectivity index (χ0v) is 17.9. The molecule has 0 radical (unpaired) electrons. The summed E-state index contributed by atoms with van der Waals surface area (Å²) in [6, 6.07) is 14.9. The number of aryl methyl sites for hydroxylation is 1. The zero-order valence-electron chi connectivity index (χ0n) is 17.9. The van der Waals surface area contributed by atoms with Crippen molar-refractivity contribution in [3.8, 4) is 11.5 Å². The lowest BCUT2D eigenvalue weighted by atomic mass is 10.1. The molecule has 0 spiro atoms. The van der Waals surface area contributed by atoms with Crippen LogP contribution >= 0.6 is 0 Å². The first-order valence-corrected chi connectivity index (χ1v) is 10.9. The van der Waals surface area contributed by atoms with Crippen molar-refractivity contribution >= 4 is 0 Å². The third-order valence-corrected chi connectivity index (χ3v) is 4.83. The third-order valence-electron chi connectivity index (χ3n) is 4.83. The average Bonchev–Trinajstić information content (AvgIpc) is 2.71. The summed E-state index contributed by atoms with van der Waals surface area (Å²) in [4.78, 5) is 0.